The van der Waals surface area contributed by atoms with Crippen LogP contribution in [-0.2, 0) is 23.8 Å². The van der Waals surface area contributed by atoms with Gasteiger partial charge in [0, 0.05) is 0 Å². The lowest BCUT2D eigenvalue weighted by molar-refractivity contribution is -0.144. The predicted octanol–water partition coefficient (Wildman–Crippen LogP) is 0.0803. The van der Waals surface area contributed by atoms with Crippen LogP contribution < -0.4 is 0 Å². The first kappa shape index (κ1) is 11.2. The highest BCUT2D eigenvalue weighted by Gasteiger charge is 2.27. The van der Waals surface area contributed by atoms with Crippen LogP contribution in [0.1, 0.15) is 6.42 Å². The van der Waals surface area contributed by atoms with Gasteiger partial charge in [0.1, 0.15) is 0 Å². The second-order valence-corrected chi connectivity index (χ2v) is 4.69. The van der Waals surface area contributed by atoms with Crippen molar-refractivity contribution in [3.05, 3.63) is 12.2 Å². The lowest BCUT2D eigenvalue weighted by atomic mass is 10.1. The van der Waals surface area contributed by atoms with Gasteiger partial charge in [0.25, 0.3) is 10.1 Å². The van der Waals surface area contributed by atoms with Crippen LogP contribution in [0.5, 0.6) is 0 Å². The van der Waals surface area contributed by atoms with E-state index >= 15 is 0 Å². The van der Waals surface area contributed by atoms with Crippen molar-refractivity contribution in [1.29, 1.82) is 0 Å². The van der Waals surface area contributed by atoms with Crippen LogP contribution in [0.4, 0.5) is 0 Å². The zero-order valence-corrected chi connectivity index (χ0v) is 8.78. The minimum atomic E-state index is -3.47. The maximum atomic E-state index is 11.0. The lowest BCUT2D eigenvalue weighted by Crippen LogP contribution is -2.18. The molecule has 1 aliphatic carbocycles. The molecule has 0 aromatic carbocycles. The molecule has 0 radical (unpaired) electrons. The molecule has 0 amide bonds. The number of rotatable bonds is 3. The van der Waals surface area contributed by atoms with E-state index in [0.717, 1.165) is 6.26 Å². The average Bonchev–Trinajstić information content (AvgIpc) is 2.48. The Morgan fingerprint density at radius 3 is 2.57 bits per heavy atom. The Bertz CT molecular complexity index is 343. The van der Waals surface area contributed by atoms with E-state index in [1.54, 1.807) is 12.2 Å². The summed E-state index contributed by atoms with van der Waals surface area (Å²) in [7, 11) is -2.17. The molecule has 2 atom stereocenters. The van der Waals surface area contributed by atoms with Crippen LogP contribution in [-0.4, -0.2) is 33.9 Å². The molecule has 0 aromatic heterocycles. The van der Waals surface area contributed by atoms with E-state index < -0.39 is 22.1 Å². The number of carbonyl (C=O) groups is 1. The number of carbonyl (C=O) groups excluding carboxylic acids is 1. The summed E-state index contributed by atoms with van der Waals surface area (Å²) in [5.41, 5.74) is 0. The van der Waals surface area contributed by atoms with Gasteiger partial charge in [-0.3, -0.25) is 8.98 Å². The molecule has 0 saturated heterocycles. The zero-order chi connectivity index (χ0) is 10.8. The highest BCUT2D eigenvalue weighted by molar-refractivity contribution is 7.86. The molecule has 0 unspecified atom stereocenters. The molecule has 0 aliphatic heterocycles. The van der Waals surface area contributed by atoms with Gasteiger partial charge in [0.15, 0.2) is 0 Å². The molecule has 0 heterocycles. The summed E-state index contributed by atoms with van der Waals surface area (Å²) >= 11 is 0. The van der Waals surface area contributed by atoms with Crippen molar-refractivity contribution in [3.63, 3.8) is 0 Å². The van der Waals surface area contributed by atoms with E-state index in [9.17, 15) is 13.2 Å². The van der Waals surface area contributed by atoms with Crippen molar-refractivity contribution in [2.45, 2.75) is 12.5 Å². The van der Waals surface area contributed by atoms with Crippen molar-refractivity contribution in [2.24, 2.45) is 5.92 Å². The summed E-state index contributed by atoms with van der Waals surface area (Å²) in [5, 5.41) is 0. The molecule has 0 aromatic rings. The molecule has 0 fully saturated rings. The minimum Gasteiger partial charge on any atom is -0.469 e. The van der Waals surface area contributed by atoms with E-state index in [4.69, 9.17) is 4.18 Å². The zero-order valence-electron chi connectivity index (χ0n) is 7.97. The highest BCUT2D eigenvalue weighted by Crippen LogP contribution is 2.22. The first-order chi connectivity index (χ1) is 6.42. The second kappa shape index (κ2) is 4.10. The summed E-state index contributed by atoms with van der Waals surface area (Å²) in [4.78, 5) is 11.0. The van der Waals surface area contributed by atoms with Gasteiger partial charge in [-0.25, -0.2) is 0 Å². The fourth-order valence-electron chi connectivity index (χ4n) is 1.29. The maximum Gasteiger partial charge on any atom is 0.312 e. The molecule has 0 spiro atoms. The monoisotopic (exact) mass is 220 g/mol. The largest absolute Gasteiger partial charge is 0.469 e. The van der Waals surface area contributed by atoms with Crippen molar-refractivity contribution in [3.8, 4) is 0 Å². The molecular formula is C8H12O5S. The van der Waals surface area contributed by atoms with Crippen molar-refractivity contribution in [2.75, 3.05) is 13.4 Å². The van der Waals surface area contributed by atoms with Crippen molar-refractivity contribution < 1.29 is 22.1 Å². The number of hydrogen-bond donors (Lipinski definition) is 0. The smallest absolute Gasteiger partial charge is 0.312 e. The molecule has 1 rings (SSSR count). The summed E-state index contributed by atoms with van der Waals surface area (Å²) in [5.74, 6) is -0.771. The van der Waals surface area contributed by atoms with Gasteiger partial charge >= 0.3 is 5.97 Å². The number of hydrogen-bond acceptors (Lipinski definition) is 5. The molecule has 80 valence electrons. The molecule has 0 saturated carbocycles. The molecule has 0 bridgehead atoms. The quantitative estimate of drug-likeness (QED) is 0.383. The van der Waals surface area contributed by atoms with Gasteiger partial charge in [-0.05, 0) is 6.42 Å². The Morgan fingerprint density at radius 1 is 1.43 bits per heavy atom. The van der Waals surface area contributed by atoms with E-state index in [-0.39, 0.29) is 5.97 Å². The molecule has 0 N–H and O–H groups in total. The topological polar surface area (TPSA) is 69.7 Å². The lowest BCUT2D eigenvalue weighted by Gasteiger charge is -2.09. The third-order valence-corrected chi connectivity index (χ3v) is 2.44. The third-order valence-electron chi connectivity index (χ3n) is 1.85. The predicted molar refractivity (Wildman–Crippen MR) is 49.0 cm³/mol. The van der Waals surface area contributed by atoms with Gasteiger partial charge in [0.2, 0.25) is 0 Å². The van der Waals surface area contributed by atoms with Crippen LogP contribution in [0.3, 0.4) is 0 Å². The Morgan fingerprint density at radius 2 is 2.07 bits per heavy atom. The first-order valence-corrected chi connectivity index (χ1v) is 5.88. The van der Waals surface area contributed by atoms with Crippen molar-refractivity contribution >= 4 is 16.1 Å². The van der Waals surface area contributed by atoms with E-state index in [0.29, 0.717) is 6.42 Å². The van der Waals surface area contributed by atoms with Crippen molar-refractivity contribution in [1.82, 2.24) is 0 Å². The number of methoxy groups -OCH3 is 1. The normalized spacial score (nSPS) is 26.4. The van der Waals surface area contributed by atoms with Gasteiger partial charge < -0.3 is 4.74 Å². The Hall–Kier alpha value is -0.880. The fourth-order valence-corrected chi connectivity index (χ4v) is 1.88. The summed E-state index contributed by atoms with van der Waals surface area (Å²) < 4.78 is 30.7. The van der Waals surface area contributed by atoms with E-state index in [1.165, 1.54) is 7.11 Å². The van der Waals surface area contributed by atoms with Gasteiger partial charge in [-0.15, -0.1) is 0 Å². The van der Waals surface area contributed by atoms with E-state index in [2.05, 4.69) is 4.74 Å². The summed E-state index contributed by atoms with van der Waals surface area (Å²) in [6.07, 6.45) is 3.91. The fraction of sp³-hybridized carbons (Fsp3) is 0.625. The van der Waals surface area contributed by atoms with Crippen LogP contribution in [0.2, 0.25) is 0 Å². The average molecular weight is 220 g/mol. The summed E-state index contributed by atoms with van der Waals surface area (Å²) in [6, 6.07) is 0. The maximum absolute atomic E-state index is 11.0. The van der Waals surface area contributed by atoms with Gasteiger partial charge in [0.05, 0.1) is 25.4 Å². The highest BCUT2D eigenvalue weighted by atomic mass is 32.2. The molecule has 1 aliphatic rings. The molecule has 5 nitrogen and oxygen atoms in total. The standard InChI is InChI=1S/C8H12O5S/c1-12-8(9)6-3-4-7(5-6)13-14(2,10)11/h3-4,6-7H,5H2,1-2H3/t6-,7+/m1/s1. The molecule has 14 heavy (non-hydrogen) atoms. The van der Waals surface area contributed by atoms with Crippen LogP contribution in [0.25, 0.3) is 0 Å². The van der Waals surface area contributed by atoms with E-state index in [1.807, 2.05) is 0 Å². The number of ether oxygens (including phenoxy) is 1. The molecular weight excluding hydrogens is 208 g/mol. The third kappa shape index (κ3) is 3.12. The second-order valence-electron chi connectivity index (χ2n) is 3.09. The van der Waals surface area contributed by atoms with Gasteiger partial charge in [-0.2, -0.15) is 8.42 Å². The Labute approximate surface area is 82.8 Å². The number of esters is 1. The van der Waals surface area contributed by atoms with Gasteiger partial charge in [-0.1, -0.05) is 12.2 Å². The SMILES string of the molecule is COC(=O)[C@@H]1C=C[C@H](OS(C)(=O)=O)C1. The van der Waals surface area contributed by atoms with Crippen LogP contribution in [0, 0.1) is 5.92 Å². The van der Waals surface area contributed by atoms with Crippen LogP contribution >= 0.6 is 0 Å². The van der Waals surface area contributed by atoms with Crippen LogP contribution in [0.15, 0.2) is 12.2 Å². The minimum absolute atomic E-state index is 0.319. The Kier molecular flexibility index (Phi) is 3.28. The summed E-state index contributed by atoms with van der Waals surface area (Å²) in [6.45, 7) is 0. The Balaban J connectivity index is 2.52. The molecule has 6 heteroatoms. The first-order valence-electron chi connectivity index (χ1n) is 4.07.